The fourth-order valence-electron chi connectivity index (χ4n) is 4.52. The number of carbonyl (C=O) groups is 4. The van der Waals surface area contributed by atoms with Gasteiger partial charge in [0.15, 0.2) is 6.61 Å². The average Bonchev–Trinajstić information content (AvgIpc) is 3.50. The molecule has 0 aromatic carbocycles. The highest BCUT2D eigenvalue weighted by atomic mass is 19.4. The lowest BCUT2D eigenvalue weighted by atomic mass is 9.73. The number of amides is 4. The van der Waals surface area contributed by atoms with E-state index in [1.165, 1.54) is 0 Å². The summed E-state index contributed by atoms with van der Waals surface area (Å²) in [5, 5.41) is 2.70. The summed E-state index contributed by atoms with van der Waals surface area (Å²) in [5.74, 6) is -2.57. The molecular weight excluding hydrogens is 419 g/mol. The van der Waals surface area contributed by atoms with Crippen molar-refractivity contribution in [2.45, 2.75) is 70.1 Å². The zero-order valence-electron chi connectivity index (χ0n) is 17.7. The van der Waals surface area contributed by atoms with Gasteiger partial charge in [0, 0.05) is 6.04 Å². The van der Waals surface area contributed by atoms with E-state index in [2.05, 4.69) is 5.32 Å². The summed E-state index contributed by atoms with van der Waals surface area (Å²) in [6, 6.07) is -1.32. The summed E-state index contributed by atoms with van der Waals surface area (Å²) in [5.41, 5.74) is -1.03. The Labute approximate surface area is 178 Å². The van der Waals surface area contributed by atoms with E-state index in [1.807, 2.05) is 6.92 Å². The van der Waals surface area contributed by atoms with Crippen molar-refractivity contribution in [3.8, 4) is 0 Å². The van der Waals surface area contributed by atoms with Crippen molar-refractivity contribution in [3.05, 3.63) is 0 Å². The highest BCUT2D eigenvalue weighted by Crippen LogP contribution is 2.38. The second-order valence-electron chi connectivity index (χ2n) is 8.82. The number of imide groups is 1. The normalized spacial score (nSPS) is 27.3. The Morgan fingerprint density at radius 3 is 2.52 bits per heavy atom. The number of ether oxygens (including phenoxy) is 1. The Morgan fingerprint density at radius 2 is 1.94 bits per heavy atom. The molecule has 31 heavy (non-hydrogen) atoms. The van der Waals surface area contributed by atoms with Gasteiger partial charge in [-0.1, -0.05) is 19.8 Å². The Bertz CT molecular complexity index is 755. The van der Waals surface area contributed by atoms with Crippen molar-refractivity contribution in [2.24, 2.45) is 11.8 Å². The molecule has 174 valence electrons. The lowest BCUT2D eigenvalue weighted by molar-refractivity contribution is -0.171. The van der Waals surface area contributed by atoms with E-state index in [0.29, 0.717) is 11.3 Å². The SMILES string of the molecule is C[C@H](C1CC1)N(CC(F)(F)F)C(=O)COC(=O)CN1C(=O)N[C@@]2(CCCC[C@@H]2C)C1=O. The lowest BCUT2D eigenvalue weighted by Crippen LogP contribution is -2.54. The maximum absolute atomic E-state index is 12.9. The summed E-state index contributed by atoms with van der Waals surface area (Å²) in [7, 11) is 0. The molecule has 2 aliphatic carbocycles. The van der Waals surface area contributed by atoms with Gasteiger partial charge in [0.2, 0.25) is 0 Å². The standard InChI is InChI=1S/C20H28F3N3O5/c1-12-5-3-4-8-19(12)17(29)25(18(30)24-19)9-16(28)31-10-15(27)26(11-20(21,22)23)13(2)14-6-7-14/h12-14H,3-11H2,1-2H3,(H,24,30)/t12-,13+,19+/m0/s1. The van der Waals surface area contributed by atoms with Crippen LogP contribution in [0, 0.1) is 11.8 Å². The predicted octanol–water partition coefficient (Wildman–Crippen LogP) is 2.22. The van der Waals surface area contributed by atoms with E-state index in [9.17, 15) is 32.3 Å². The van der Waals surface area contributed by atoms with Gasteiger partial charge in [0.25, 0.3) is 11.8 Å². The van der Waals surface area contributed by atoms with Crippen LogP contribution in [0.2, 0.25) is 0 Å². The van der Waals surface area contributed by atoms with Crippen molar-refractivity contribution in [3.63, 3.8) is 0 Å². The number of hydrogen-bond donors (Lipinski definition) is 1. The first-order valence-electron chi connectivity index (χ1n) is 10.6. The molecule has 0 unspecified atom stereocenters. The Kier molecular flexibility index (Phi) is 6.52. The minimum Gasteiger partial charge on any atom is -0.454 e. The summed E-state index contributed by atoms with van der Waals surface area (Å²) in [6.45, 7) is 0.421. The number of nitrogens with zero attached hydrogens (tertiary/aromatic N) is 2. The Morgan fingerprint density at radius 1 is 1.26 bits per heavy atom. The number of carbonyl (C=O) groups excluding carboxylic acids is 4. The molecule has 3 fully saturated rings. The number of halogens is 3. The van der Waals surface area contributed by atoms with Crippen molar-refractivity contribution < 1.29 is 37.1 Å². The van der Waals surface area contributed by atoms with Crippen LogP contribution in [0.1, 0.15) is 52.4 Å². The molecule has 2 saturated carbocycles. The third-order valence-electron chi connectivity index (χ3n) is 6.61. The molecule has 1 aliphatic heterocycles. The van der Waals surface area contributed by atoms with E-state index >= 15 is 0 Å². The van der Waals surface area contributed by atoms with Gasteiger partial charge >= 0.3 is 18.2 Å². The average molecular weight is 447 g/mol. The maximum atomic E-state index is 12.9. The smallest absolute Gasteiger partial charge is 0.406 e. The molecular formula is C20H28F3N3O5. The quantitative estimate of drug-likeness (QED) is 0.477. The Hall–Kier alpha value is -2.33. The zero-order valence-corrected chi connectivity index (χ0v) is 17.7. The van der Waals surface area contributed by atoms with E-state index in [4.69, 9.17) is 4.74 Å². The molecule has 1 heterocycles. The number of rotatable bonds is 7. The third kappa shape index (κ3) is 5.12. The van der Waals surface area contributed by atoms with Crippen LogP contribution in [0.3, 0.4) is 0 Å². The molecule has 8 nitrogen and oxygen atoms in total. The summed E-state index contributed by atoms with van der Waals surface area (Å²) in [4.78, 5) is 51.1. The molecule has 4 amide bonds. The molecule has 11 heteroatoms. The van der Waals surface area contributed by atoms with Crippen molar-refractivity contribution in [2.75, 3.05) is 19.7 Å². The van der Waals surface area contributed by atoms with Gasteiger partial charge in [0.1, 0.15) is 18.6 Å². The zero-order chi connectivity index (χ0) is 23.0. The van der Waals surface area contributed by atoms with Crippen LogP contribution in [0.15, 0.2) is 0 Å². The van der Waals surface area contributed by atoms with Gasteiger partial charge in [-0.3, -0.25) is 19.3 Å². The highest BCUT2D eigenvalue weighted by Gasteiger charge is 2.55. The molecule has 1 spiro atoms. The number of alkyl halides is 3. The van der Waals surface area contributed by atoms with Crippen molar-refractivity contribution in [1.82, 2.24) is 15.1 Å². The van der Waals surface area contributed by atoms with Gasteiger partial charge in [-0.15, -0.1) is 0 Å². The molecule has 3 rings (SSSR count). The monoisotopic (exact) mass is 447 g/mol. The second-order valence-corrected chi connectivity index (χ2v) is 8.82. The van der Waals surface area contributed by atoms with Crippen LogP contribution in [0.5, 0.6) is 0 Å². The largest absolute Gasteiger partial charge is 0.454 e. The van der Waals surface area contributed by atoms with Crippen molar-refractivity contribution in [1.29, 1.82) is 0 Å². The van der Waals surface area contributed by atoms with Crippen LogP contribution in [-0.4, -0.2) is 71.1 Å². The topological polar surface area (TPSA) is 96.0 Å². The van der Waals surface area contributed by atoms with Crippen LogP contribution in [0.25, 0.3) is 0 Å². The number of nitrogens with one attached hydrogen (secondary N) is 1. The first-order valence-corrected chi connectivity index (χ1v) is 10.6. The maximum Gasteiger partial charge on any atom is 0.406 e. The van der Waals surface area contributed by atoms with Crippen molar-refractivity contribution >= 4 is 23.8 Å². The first kappa shape index (κ1) is 23.3. The van der Waals surface area contributed by atoms with Crippen LogP contribution in [-0.2, 0) is 19.1 Å². The van der Waals surface area contributed by atoms with E-state index in [-0.39, 0.29) is 11.8 Å². The molecule has 3 atom stereocenters. The predicted molar refractivity (Wildman–Crippen MR) is 102 cm³/mol. The van der Waals surface area contributed by atoms with E-state index in [1.54, 1.807) is 6.92 Å². The van der Waals surface area contributed by atoms with Gasteiger partial charge in [0.05, 0.1) is 0 Å². The first-order chi connectivity index (χ1) is 14.4. The van der Waals surface area contributed by atoms with E-state index in [0.717, 1.165) is 37.0 Å². The summed E-state index contributed by atoms with van der Waals surface area (Å²) in [6.07, 6.45) is -0.111. The lowest BCUT2D eigenvalue weighted by Gasteiger charge is -2.36. The van der Waals surface area contributed by atoms with E-state index < -0.39 is 61.3 Å². The van der Waals surface area contributed by atoms with Gasteiger partial charge in [-0.05, 0) is 44.4 Å². The number of urea groups is 1. The van der Waals surface area contributed by atoms with Gasteiger partial charge < -0.3 is 15.0 Å². The molecule has 0 aromatic heterocycles. The van der Waals surface area contributed by atoms with Crippen LogP contribution < -0.4 is 5.32 Å². The van der Waals surface area contributed by atoms with Gasteiger partial charge in [-0.2, -0.15) is 13.2 Å². The molecule has 3 aliphatic rings. The summed E-state index contributed by atoms with van der Waals surface area (Å²) < 4.78 is 43.5. The fourth-order valence-corrected chi connectivity index (χ4v) is 4.52. The van der Waals surface area contributed by atoms with Gasteiger partial charge in [-0.25, -0.2) is 4.79 Å². The molecule has 1 N–H and O–H groups in total. The summed E-state index contributed by atoms with van der Waals surface area (Å²) >= 11 is 0. The molecule has 0 aromatic rings. The molecule has 0 bridgehead atoms. The molecule has 0 radical (unpaired) electrons. The minimum atomic E-state index is -4.58. The molecule has 1 saturated heterocycles. The highest BCUT2D eigenvalue weighted by molar-refractivity contribution is 6.09. The minimum absolute atomic E-state index is 0.00147. The Balaban J connectivity index is 1.57. The third-order valence-corrected chi connectivity index (χ3v) is 6.61. The fraction of sp³-hybridized carbons (Fsp3) is 0.800. The number of hydrogen-bond acceptors (Lipinski definition) is 5. The van der Waals surface area contributed by atoms with Crippen LogP contribution >= 0.6 is 0 Å². The van der Waals surface area contributed by atoms with Crippen LogP contribution in [0.4, 0.5) is 18.0 Å². The second kappa shape index (κ2) is 8.66. The number of esters is 1.